The molecule has 1 aromatic heterocycles. The number of hydrogen-bond donors (Lipinski definition) is 1. The summed E-state index contributed by atoms with van der Waals surface area (Å²) in [5.41, 5.74) is 0.876. The number of ether oxygens (including phenoxy) is 2. The van der Waals surface area contributed by atoms with Gasteiger partial charge in [0.1, 0.15) is 12.3 Å². The lowest BCUT2D eigenvalue weighted by molar-refractivity contribution is -0.124. The fourth-order valence-corrected chi connectivity index (χ4v) is 3.23. The van der Waals surface area contributed by atoms with Crippen molar-refractivity contribution in [2.45, 2.75) is 44.9 Å². The van der Waals surface area contributed by atoms with Gasteiger partial charge >= 0.3 is 0 Å². The van der Waals surface area contributed by atoms with Crippen LogP contribution in [0.5, 0.6) is 5.75 Å². The summed E-state index contributed by atoms with van der Waals surface area (Å²) in [4.78, 5) is 12.4. The van der Waals surface area contributed by atoms with Gasteiger partial charge in [0.25, 0.3) is 0 Å². The number of hydrogen-bond acceptors (Lipinski definition) is 3. The van der Waals surface area contributed by atoms with Crippen LogP contribution in [0.15, 0.2) is 30.5 Å². The molecule has 0 bridgehead atoms. The van der Waals surface area contributed by atoms with Crippen LogP contribution in [0.3, 0.4) is 0 Å². The zero-order chi connectivity index (χ0) is 16.4. The minimum atomic E-state index is -0.160. The summed E-state index contributed by atoms with van der Waals surface area (Å²) in [5.74, 6) is 0.866. The number of rotatable bonds is 4. The van der Waals surface area contributed by atoms with Crippen molar-refractivity contribution in [3.05, 3.63) is 30.5 Å². The van der Waals surface area contributed by atoms with E-state index in [1.54, 1.807) is 7.11 Å². The van der Waals surface area contributed by atoms with Crippen LogP contribution < -0.4 is 10.1 Å². The Morgan fingerprint density at radius 1 is 1.43 bits per heavy atom. The van der Waals surface area contributed by atoms with Crippen molar-refractivity contribution in [1.29, 1.82) is 0 Å². The fraction of sp³-hybridized carbons (Fsp3) is 0.500. The Bertz CT molecular complexity index is 705. The van der Waals surface area contributed by atoms with Crippen molar-refractivity contribution in [1.82, 2.24) is 9.88 Å². The summed E-state index contributed by atoms with van der Waals surface area (Å²) >= 11 is 0. The Kier molecular flexibility index (Phi) is 4.31. The monoisotopic (exact) mass is 316 g/mol. The smallest absolute Gasteiger partial charge is 0.240 e. The van der Waals surface area contributed by atoms with Crippen molar-refractivity contribution in [3.63, 3.8) is 0 Å². The van der Waals surface area contributed by atoms with E-state index in [0.717, 1.165) is 29.5 Å². The van der Waals surface area contributed by atoms with Gasteiger partial charge in [0, 0.05) is 29.7 Å². The van der Waals surface area contributed by atoms with E-state index in [1.165, 1.54) is 0 Å². The van der Waals surface area contributed by atoms with Crippen LogP contribution in [-0.2, 0) is 16.1 Å². The molecule has 3 rings (SSSR count). The van der Waals surface area contributed by atoms with Crippen LogP contribution in [0.25, 0.3) is 10.9 Å². The third-order valence-corrected chi connectivity index (χ3v) is 4.35. The number of nitrogens with zero attached hydrogens (tertiary/aromatic N) is 1. The van der Waals surface area contributed by atoms with Gasteiger partial charge in [-0.05, 0) is 51.0 Å². The Morgan fingerprint density at radius 3 is 3.00 bits per heavy atom. The summed E-state index contributed by atoms with van der Waals surface area (Å²) in [6, 6.07) is 8.07. The first-order valence-electron chi connectivity index (χ1n) is 8.03. The number of benzene rings is 1. The number of methoxy groups -OCH3 is 1. The average Bonchev–Trinajstić information content (AvgIpc) is 2.88. The SMILES string of the molecule is COc1ccc2c(ccn2CC(=O)NC2CCOC(C)(C)C2)c1. The molecule has 1 aliphatic heterocycles. The van der Waals surface area contributed by atoms with Crippen molar-refractivity contribution in [2.75, 3.05) is 13.7 Å². The molecule has 1 saturated heterocycles. The molecule has 0 radical (unpaired) electrons. The molecule has 1 aromatic carbocycles. The molecule has 1 amide bonds. The van der Waals surface area contributed by atoms with Gasteiger partial charge in [-0.2, -0.15) is 0 Å². The Balaban J connectivity index is 1.66. The second-order valence-corrected chi connectivity index (χ2v) is 6.73. The molecular weight excluding hydrogens is 292 g/mol. The lowest BCUT2D eigenvalue weighted by Gasteiger charge is -2.35. The summed E-state index contributed by atoms with van der Waals surface area (Å²) in [5, 5.41) is 4.21. The Hall–Kier alpha value is -2.01. The highest BCUT2D eigenvalue weighted by molar-refractivity contribution is 5.84. The highest BCUT2D eigenvalue weighted by atomic mass is 16.5. The minimum Gasteiger partial charge on any atom is -0.497 e. The summed E-state index contributed by atoms with van der Waals surface area (Å²) in [7, 11) is 1.65. The van der Waals surface area contributed by atoms with Gasteiger partial charge in [0.05, 0.1) is 12.7 Å². The topological polar surface area (TPSA) is 52.5 Å². The first kappa shape index (κ1) is 15.9. The molecule has 0 spiro atoms. The first-order valence-corrected chi connectivity index (χ1v) is 8.03. The van der Waals surface area contributed by atoms with E-state index >= 15 is 0 Å². The van der Waals surface area contributed by atoms with E-state index < -0.39 is 0 Å². The van der Waals surface area contributed by atoms with Crippen molar-refractivity contribution >= 4 is 16.8 Å². The second kappa shape index (κ2) is 6.24. The molecule has 5 nitrogen and oxygen atoms in total. The van der Waals surface area contributed by atoms with Gasteiger partial charge in [-0.1, -0.05) is 0 Å². The molecule has 2 heterocycles. The van der Waals surface area contributed by atoms with Crippen LogP contribution in [0.1, 0.15) is 26.7 Å². The molecule has 1 atom stereocenters. The molecule has 0 saturated carbocycles. The fourth-order valence-electron chi connectivity index (χ4n) is 3.23. The molecule has 5 heteroatoms. The number of nitrogens with one attached hydrogen (secondary N) is 1. The number of carbonyl (C=O) groups excluding carboxylic acids is 1. The second-order valence-electron chi connectivity index (χ2n) is 6.73. The molecule has 1 N–H and O–H groups in total. The van der Waals surface area contributed by atoms with Gasteiger partial charge in [0.2, 0.25) is 5.91 Å². The zero-order valence-electron chi connectivity index (χ0n) is 14.0. The van der Waals surface area contributed by atoms with Gasteiger partial charge in [0.15, 0.2) is 0 Å². The maximum absolute atomic E-state index is 12.4. The van der Waals surface area contributed by atoms with E-state index in [1.807, 2.05) is 35.0 Å². The third kappa shape index (κ3) is 3.67. The van der Waals surface area contributed by atoms with E-state index in [4.69, 9.17) is 9.47 Å². The van der Waals surface area contributed by atoms with E-state index in [0.29, 0.717) is 13.2 Å². The summed E-state index contributed by atoms with van der Waals surface area (Å²) in [6.45, 7) is 5.16. The maximum atomic E-state index is 12.4. The van der Waals surface area contributed by atoms with E-state index in [9.17, 15) is 4.79 Å². The highest BCUT2D eigenvalue weighted by Gasteiger charge is 2.29. The van der Waals surface area contributed by atoms with Crippen molar-refractivity contribution in [2.24, 2.45) is 0 Å². The number of aromatic nitrogens is 1. The van der Waals surface area contributed by atoms with Crippen LogP contribution in [0.2, 0.25) is 0 Å². The lowest BCUT2D eigenvalue weighted by atomic mass is 9.94. The molecular formula is C18H24N2O3. The van der Waals surface area contributed by atoms with Crippen LogP contribution in [0, 0.1) is 0 Å². The molecule has 1 fully saturated rings. The van der Waals surface area contributed by atoms with Crippen LogP contribution in [0.4, 0.5) is 0 Å². The lowest BCUT2D eigenvalue weighted by Crippen LogP contribution is -2.46. The summed E-state index contributed by atoms with van der Waals surface area (Å²) in [6.07, 6.45) is 3.67. The maximum Gasteiger partial charge on any atom is 0.240 e. The molecule has 1 aliphatic rings. The van der Waals surface area contributed by atoms with Gasteiger partial charge in [-0.3, -0.25) is 4.79 Å². The van der Waals surface area contributed by atoms with Crippen LogP contribution in [-0.4, -0.2) is 35.8 Å². The first-order chi connectivity index (χ1) is 11.0. The van der Waals surface area contributed by atoms with Gasteiger partial charge in [-0.15, -0.1) is 0 Å². The molecule has 124 valence electrons. The molecule has 1 unspecified atom stereocenters. The predicted molar refractivity (Wildman–Crippen MR) is 89.7 cm³/mol. The molecule has 0 aliphatic carbocycles. The normalized spacial score (nSPS) is 20.4. The van der Waals surface area contributed by atoms with Crippen molar-refractivity contribution in [3.8, 4) is 5.75 Å². The Labute approximate surface area is 136 Å². The minimum absolute atomic E-state index is 0.0426. The summed E-state index contributed by atoms with van der Waals surface area (Å²) < 4.78 is 12.9. The largest absolute Gasteiger partial charge is 0.497 e. The predicted octanol–water partition coefficient (Wildman–Crippen LogP) is 2.72. The average molecular weight is 316 g/mol. The number of fused-ring (bicyclic) bond motifs is 1. The van der Waals surface area contributed by atoms with Crippen LogP contribution >= 0.6 is 0 Å². The number of amides is 1. The van der Waals surface area contributed by atoms with Gasteiger partial charge < -0.3 is 19.4 Å². The van der Waals surface area contributed by atoms with Crippen molar-refractivity contribution < 1.29 is 14.3 Å². The number of carbonyl (C=O) groups is 1. The zero-order valence-corrected chi connectivity index (χ0v) is 14.0. The molecule has 2 aromatic rings. The third-order valence-electron chi connectivity index (χ3n) is 4.35. The Morgan fingerprint density at radius 2 is 2.26 bits per heavy atom. The van der Waals surface area contributed by atoms with E-state index in [-0.39, 0.29) is 17.6 Å². The standard InChI is InChI=1S/C18H24N2O3/c1-18(2)11-14(7-9-23-18)19-17(21)12-20-8-6-13-10-15(22-3)4-5-16(13)20/h4-6,8,10,14H,7,9,11-12H2,1-3H3,(H,19,21). The highest BCUT2D eigenvalue weighted by Crippen LogP contribution is 2.24. The van der Waals surface area contributed by atoms with Gasteiger partial charge in [-0.25, -0.2) is 0 Å². The molecule has 23 heavy (non-hydrogen) atoms. The van der Waals surface area contributed by atoms with E-state index in [2.05, 4.69) is 19.2 Å². The quantitative estimate of drug-likeness (QED) is 0.943.